The molecule has 0 aliphatic carbocycles. The van der Waals surface area contributed by atoms with Gasteiger partial charge in [-0.3, -0.25) is 9.59 Å². The predicted octanol–water partition coefficient (Wildman–Crippen LogP) is -1.68. The molecular weight excluding hydrogens is 200 g/mol. The van der Waals surface area contributed by atoms with Gasteiger partial charge >= 0.3 is 0 Å². The molecule has 4 N–H and O–H groups in total. The van der Waals surface area contributed by atoms with Crippen LogP contribution in [0, 0.1) is 0 Å². The van der Waals surface area contributed by atoms with Gasteiger partial charge in [-0.05, 0) is 0 Å². The lowest BCUT2D eigenvalue weighted by molar-refractivity contribution is 0.0986. The fraction of sp³-hybridized carbons (Fsp3) is 0. The quantitative estimate of drug-likeness (QED) is 0.606. The molecule has 0 bridgehead atoms. The van der Waals surface area contributed by atoms with Crippen LogP contribution in [0.2, 0.25) is 0 Å². The maximum atomic E-state index is 10.8. The van der Waals surface area contributed by atoms with Gasteiger partial charge in [0.05, 0.1) is 5.56 Å². The van der Waals surface area contributed by atoms with E-state index in [1.807, 2.05) is 0 Å². The van der Waals surface area contributed by atoms with Crippen molar-refractivity contribution in [3.8, 4) is 0 Å². The molecule has 76 valence electrons. The predicted molar refractivity (Wildman–Crippen MR) is 47.8 cm³/mol. The number of amides is 2. The van der Waals surface area contributed by atoms with E-state index in [9.17, 15) is 9.59 Å². The van der Waals surface area contributed by atoms with E-state index in [4.69, 9.17) is 11.5 Å². The first-order valence-electron chi connectivity index (χ1n) is 3.90. The van der Waals surface area contributed by atoms with E-state index in [-0.39, 0.29) is 17.2 Å². The van der Waals surface area contributed by atoms with E-state index in [1.165, 1.54) is 16.9 Å². The first kappa shape index (κ1) is 9.06. The summed E-state index contributed by atoms with van der Waals surface area (Å²) in [6, 6.07) is 0. The number of aromatic nitrogens is 4. The van der Waals surface area contributed by atoms with E-state index in [2.05, 4.69) is 15.1 Å². The van der Waals surface area contributed by atoms with Crippen molar-refractivity contribution in [1.82, 2.24) is 19.6 Å². The monoisotopic (exact) mass is 206 g/mol. The molecule has 0 saturated heterocycles. The largest absolute Gasteiger partial charge is 0.366 e. The summed E-state index contributed by atoms with van der Waals surface area (Å²) in [6.45, 7) is 0. The van der Waals surface area contributed by atoms with Crippen LogP contribution in [0.1, 0.15) is 21.0 Å². The SMILES string of the molecule is NC(=O)c1cnc2nc(C(N)=O)nn2c1. The molecule has 2 amide bonds. The topological polar surface area (TPSA) is 129 Å². The third-order valence-corrected chi connectivity index (χ3v) is 1.70. The molecule has 0 aromatic carbocycles. The van der Waals surface area contributed by atoms with E-state index < -0.39 is 11.8 Å². The van der Waals surface area contributed by atoms with Crippen LogP contribution in [0.3, 0.4) is 0 Å². The lowest BCUT2D eigenvalue weighted by atomic mass is 10.3. The standard InChI is InChI=1S/C7H6N6O2/c8-4(14)3-1-10-7-11-6(5(9)15)12-13(7)2-3/h1-2H,(H2,8,14)(H2,9,15). The van der Waals surface area contributed by atoms with Crippen LogP contribution in [0.15, 0.2) is 12.4 Å². The molecule has 0 spiro atoms. The van der Waals surface area contributed by atoms with Crippen LogP contribution in [0.5, 0.6) is 0 Å². The van der Waals surface area contributed by atoms with Crippen LogP contribution in [0.25, 0.3) is 5.78 Å². The van der Waals surface area contributed by atoms with Crippen molar-refractivity contribution >= 4 is 17.6 Å². The van der Waals surface area contributed by atoms with Gasteiger partial charge in [0, 0.05) is 12.4 Å². The zero-order valence-corrected chi connectivity index (χ0v) is 7.41. The summed E-state index contributed by atoms with van der Waals surface area (Å²) in [4.78, 5) is 29.1. The molecule has 0 aliphatic heterocycles. The van der Waals surface area contributed by atoms with Gasteiger partial charge in [-0.2, -0.15) is 4.98 Å². The van der Waals surface area contributed by atoms with E-state index in [1.54, 1.807) is 0 Å². The minimum Gasteiger partial charge on any atom is -0.366 e. The third kappa shape index (κ3) is 1.47. The summed E-state index contributed by atoms with van der Waals surface area (Å²) in [7, 11) is 0. The van der Waals surface area contributed by atoms with Crippen molar-refractivity contribution in [2.45, 2.75) is 0 Å². The molecular formula is C7H6N6O2. The van der Waals surface area contributed by atoms with Crippen molar-refractivity contribution in [2.24, 2.45) is 11.5 Å². The number of primary amides is 2. The fourth-order valence-corrected chi connectivity index (χ4v) is 1.01. The van der Waals surface area contributed by atoms with Crippen LogP contribution in [0.4, 0.5) is 0 Å². The minimum atomic E-state index is -0.763. The van der Waals surface area contributed by atoms with Gasteiger partial charge in [-0.1, -0.05) is 0 Å². The van der Waals surface area contributed by atoms with Gasteiger partial charge in [-0.15, -0.1) is 5.10 Å². The molecule has 0 fully saturated rings. The highest BCUT2D eigenvalue weighted by atomic mass is 16.1. The molecule has 2 rings (SSSR count). The van der Waals surface area contributed by atoms with Crippen LogP contribution in [-0.2, 0) is 0 Å². The molecule has 8 heteroatoms. The number of hydrogen-bond donors (Lipinski definition) is 2. The molecule has 2 aromatic heterocycles. The van der Waals surface area contributed by atoms with Crippen molar-refractivity contribution in [3.63, 3.8) is 0 Å². The molecule has 0 radical (unpaired) electrons. The number of nitrogens with zero attached hydrogens (tertiary/aromatic N) is 4. The molecule has 8 nitrogen and oxygen atoms in total. The molecule has 0 aliphatic rings. The van der Waals surface area contributed by atoms with Crippen molar-refractivity contribution in [2.75, 3.05) is 0 Å². The summed E-state index contributed by atoms with van der Waals surface area (Å²) >= 11 is 0. The zero-order chi connectivity index (χ0) is 11.0. The van der Waals surface area contributed by atoms with Gasteiger partial charge < -0.3 is 11.5 Å². The average molecular weight is 206 g/mol. The molecule has 0 saturated carbocycles. The number of nitrogens with two attached hydrogens (primary N) is 2. The number of rotatable bonds is 2. The Morgan fingerprint density at radius 3 is 2.60 bits per heavy atom. The molecule has 0 atom stereocenters. The number of carbonyl (C=O) groups excluding carboxylic acids is 2. The Morgan fingerprint density at radius 2 is 2.00 bits per heavy atom. The lowest BCUT2D eigenvalue weighted by Crippen LogP contribution is -2.13. The van der Waals surface area contributed by atoms with Gasteiger partial charge in [-0.25, -0.2) is 9.50 Å². The minimum absolute atomic E-state index is 0.163. The lowest BCUT2D eigenvalue weighted by Gasteiger charge is -1.93. The van der Waals surface area contributed by atoms with E-state index in [0.717, 1.165) is 0 Å². The number of hydrogen-bond acceptors (Lipinski definition) is 5. The fourth-order valence-electron chi connectivity index (χ4n) is 1.01. The smallest absolute Gasteiger partial charge is 0.288 e. The van der Waals surface area contributed by atoms with Gasteiger partial charge in [0.1, 0.15) is 0 Å². The second-order valence-electron chi connectivity index (χ2n) is 2.75. The summed E-state index contributed by atoms with van der Waals surface area (Å²) in [5.74, 6) is -1.39. The van der Waals surface area contributed by atoms with Crippen molar-refractivity contribution in [3.05, 3.63) is 23.8 Å². The van der Waals surface area contributed by atoms with Gasteiger partial charge in [0.15, 0.2) is 0 Å². The maximum Gasteiger partial charge on any atom is 0.288 e. The first-order chi connectivity index (χ1) is 7.08. The molecule has 15 heavy (non-hydrogen) atoms. The van der Waals surface area contributed by atoms with E-state index in [0.29, 0.717) is 0 Å². The summed E-state index contributed by atoms with van der Waals surface area (Å²) < 4.78 is 1.17. The average Bonchev–Trinajstić information content (AvgIpc) is 2.59. The second kappa shape index (κ2) is 3.01. The van der Waals surface area contributed by atoms with Crippen LogP contribution >= 0.6 is 0 Å². The highest BCUT2D eigenvalue weighted by Crippen LogP contribution is 2.00. The van der Waals surface area contributed by atoms with Crippen LogP contribution < -0.4 is 11.5 Å². The Kier molecular flexibility index (Phi) is 1.82. The zero-order valence-electron chi connectivity index (χ0n) is 7.41. The van der Waals surface area contributed by atoms with Gasteiger partial charge in [0.25, 0.3) is 17.6 Å². The molecule has 2 aromatic rings. The summed E-state index contributed by atoms with van der Waals surface area (Å²) in [5, 5.41) is 3.72. The second-order valence-corrected chi connectivity index (χ2v) is 2.75. The maximum absolute atomic E-state index is 10.8. The van der Waals surface area contributed by atoms with Crippen molar-refractivity contribution < 1.29 is 9.59 Å². The Bertz CT molecular complexity index is 548. The Hall–Kier alpha value is -2.51. The Labute approximate surface area is 82.9 Å². The van der Waals surface area contributed by atoms with Crippen molar-refractivity contribution in [1.29, 1.82) is 0 Å². The summed E-state index contributed by atoms with van der Waals surface area (Å²) in [6.07, 6.45) is 2.57. The van der Waals surface area contributed by atoms with Crippen LogP contribution in [-0.4, -0.2) is 31.4 Å². The van der Waals surface area contributed by atoms with Gasteiger partial charge in [0.2, 0.25) is 5.82 Å². The number of carbonyl (C=O) groups is 2. The Balaban J connectivity index is 2.62. The highest BCUT2D eigenvalue weighted by molar-refractivity contribution is 5.92. The Morgan fingerprint density at radius 1 is 1.27 bits per heavy atom. The molecule has 0 unspecified atom stereocenters. The summed E-state index contributed by atoms with van der Waals surface area (Å²) in [5.41, 5.74) is 10.2. The highest BCUT2D eigenvalue weighted by Gasteiger charge is 2.11. The third-order valence-electron chi connectivity index (χ3n) is 1.70. The first-order valence-corrected chi connectivity index (χ1v) is 3.90. The normalized spacial score (nSPS) is 10.4. The number of fused-ring (bicyclic) bond motifs is 1. The molecule has 2 heterocycles. The van der Waals surface area contributed by atoms with E-state index >= 15 is 0 Å².